The van der Waals surface area contributed by atoms with Crippen LogP contribution in [0.25, 0.3) is 0 Å². The second-order valence-corrected chi connectivity index (χ2v) is 5.56. The highest BCUT2D eigenvalue weighted by Gasteiger charge is 2.24. The zero-order valence-electron chi connectivity index (χ0n) is 11.6. The Kier molecular flexibility index (Phi) is 4.59. The number of aromatic nitrogens is 1. The second-order valence-electron chi connectivity index (χ2n) is 5.56. The van der Waals surface area contributed by atoms with Crippen LogP contribution in [0.1, 0.15) is 38.7 Å². The van der Waals surface area contributed by atoms with Crippen LogP contribution in [0.2, 0.25) is 0 Å². The minimum atomic E-state index is 0.196. The molecule has 0 radical (unpaired) electrons. The topological polar surface area (TPSA) is 42.2 Å². The van der Waals surface area contributed by atoms with Gasteiger partial charge in [0.05, 0.1) is 0 Å². The molecule has 1 saturated heterocycles. The third kappa shape index (κ3) is 3.22. The Morgan fingerprint density at radius 1 is 1.56 bits per heavy atom. The fourth-order valence-corrected chi connectivity index (χ4v) is 2.89. The van der Waals surface area contributed by atoms with Gasteiger partial charge in [0.25, 0.3) is 0 Å². The molecule has 0 aromatic carbocycles. The van der Waals surface area contributed by atoms with Crippen LogP contribution in [0, 0.1) is 5.92 Å². The van der Waals surface area contributed by atoms with Crippen molar-refractivity contribution in [3.05, 3.63) is 23.9 Å². The maximum absolute atomic E-state index is 5.92. The Balaban J connectivity index is 2.09. The molecule has 0 aliphatic carbocycles. The van der Waals surface area contributed by atoms with Gasteiger partial charge in [-0.3, -0.25) is 0 Å². The summed E-state index contributed by atoms with van der Waals surface area (Å²) in [5.74, 6) is 2.01. The lowest BCUT2D eigenvalue weighted by atomic mass is 10.0. The van der Waals surface area contributed by atoms with Crippen molar-refractivity contribution in [2.45, 2.75) is 45.6 Å². The number of anilines is 1. The summed E-state index contributed by atoms with van der Waals surface area (Å²) in [6.07, 6.45) is 6.74. The number of hydrogen-bond donors (Lipinski definition) is 1. The highest BCUT2D eigenvalue weighted by atomic mass is 15.2. The fourth-order valence-electron chi connectivity index (χ4n) is 2.89. The fraction of sp³-hybridized carbons (Fsp3) is 0.667. The van der Waals surface area contributed by atoms with Gasteiger partial charge in [-0.15, -0.1) is 0 Å². The molecule has 1 aliphatic heterocycles. The first-order valence-corrected chi connectivity index (χ1v) is 7.15. The molecule has 1 fully saturated rings. The predicted octanol–water partition coefficient (Wildman–Crippen LogP) is 2.60. The molecule has 2 atom stereocenters. The van der Waals surface area contributed by atoms with E-state index in [1.54, 1.807) is 0 Å². The van der Waals surface area contributed by atoms with Crippen LogP contribution >= 0.6 is 0 Å². The monoisotopic (exact) mass is 247 g/mol. The van der Waals surface area contributed by atoms with Crippen molar-refractivity contribution in [1.82, 2.24) is 4.98 Å². The first-order valence-electron chi connectivity index (χ1n) is 7.15. The van der Waals surface area contributed by atoms with Gasteiger partial charge in [-0.2, -0.15) is 0 Å². The minimum Gasteiger partial charge on any atom is -0.356 e. The molecule has 1 aromatic heterocycles. The lowest BCUT2D eigenvalue weighted by molar-refractivity contribution is 0.529. The Morgan fingerprint density at radius 2 is 2.39 bits per heavy atom. The number of rotatable bonds is 5. The average molecular weight is 247 g/mol. The van der Waals surface area contributed by atoms with E-state index >= 15 is 0 Å². The van der Waals surface area contributed by atoms with E-state index in [9.17, 15) is 0 Å². The maximum Gasteiger partial charge on any atom is 0.131 e. The predicted molar refractivity (Wildman–Crippen MR) is 76.8 cm³/mol. The molecule has 1 aliphatic rings. The first-order chi connectivity index (χ1) is 8.70. The van der Waals surface area contributed by atoms with Crippen LogP contribution in [-0.4, -0.2) is 24.1 Å². The molecule has 100 valence electrons. The Hall–Kier alpha value is -1.09. The molecule has 0 spiro atoms. The smallest absolute Gasteiger partial charge is 0.131 e. The Labute approximate surface area is 110 Å². The number of hydrogen-bond acceptors (Lipinski definition) is 3. The normalized spacial score (nSPS) is 21.3. The van der Waals surface area contributed by atoms with Crippen LogP contribution in [0.15, 0.2) is 18.3 Å². The zero-order chi connectivity index (χ0) is 13.0. The summed E-state index contributed by atoms with van der Waals surface area (Å²) < 4.78 is 0. The summed E-state index contributed by atoms with van der Waals surface area (Å²) in [4.78, 5) is 7.02. The lowest BCUT2D eigenvalue weighted by Crippen LogP contribution is -2.25. The second kappa shape index (κ2) is 6.19. The van der Waals surface area contributed by atoms with Crippen LogP contribution in [0.4, 0.5) is 5.82 Å². The highest BCUT2D eigenvalue weighted by Crippen LogP contribution is 2.27. The van der Waals surface area contributed by atoms with Crippen LogP contribution in [0.3, 0.4) is 0 Å². The molecule has 3 nitrogen and oxygen atoms in total. The molecule has 0 amide bonds. The van der Waals surface area contributed by atoms with Gasteiger partial charge < -0.3 is 10.6 Å². The molecular weight excluding hydrogens is 222 g/mol. The average Bonchev–Trinajstić information content (AvgIpc) is 2.78. The standard InChI is InChI=1S/C15H25N3/c1-3-5-13-7-9-18(11-13)15-14(10-12(2)16)6-4-8-17-15/h4,6,8,12-13H,3,5,7,9-11,16H2,1-2H3. The molecule has 3 heteroatoms. The van der Waals surface area contributed by atoms with Crippen molar-refractivity contribution in [3.8, 4) is 0 Å². The highest BCUT2D eigenvalue weighted by molar-refractivity contribution is 5.48. The van der Waals surface area contributed by atoms with Gasteiger partial charge >= 0.3 is 0 Å². The van der Waals surface area contributed by atoms with Gasteiger partial charge in [0.15, 0.2) is 0 Å². The number of nitrogens with two attached hydrogens (primary N) is 1. The molecule has 0 bridgehead atoms. The van der Waals surface area contributed by atoms with Crippen LogP contribution < -0.4 is 10.6 Å². The van der Waals surface area contributed by atoms with E-state index in [2.05, 4.69) is 29.8 Å². The molecule has 2 N–H and O–H groups in total. The summed E-state index contributed by atoms with van der Waals surface area (Å²) in [6.45, 7) is 6.63. The molecule has 18 heavy (non-hydrogen) atoms. The van der Waals surface area contributed by atoms with E-state index in [4.69, 9.17) is 5.73 Å². The van der Waals surface area contributed by atoms with E-state index in [1.165, 1.54) is 24.8 Å². The quantitative estimate of drug-likeness (QED) is 0.869. The summed E-state index contributed by atoms with van der Waals surface area (Å²) in [7, 11) is 0. The van der Waals surface area contributed by atoms with Crippen molar-refractivity contribution in [2.75, 3.05) is 18.0 Å². The number of nitrogens with zero attached hydrogens (tertiary/aromatic N) is 2. The summed E-state index contributed by atoms with van der Waals surface area (Å²) in [5, 5.41) is 0. The van der Waals surface area contributed by atoms with Crippen molar-refractivity contribution >= 4 is 5.82 Å². The largest absolute Gasteiger partial charge is 0.356 e. The zero-order valence-corrected chi connectivity index (χ0v) is 11.6. The summed E-state index contributed by atoms with van der Waals surface area (Å²) in [5.41, 5.74) is 7.22. The van der Waals surface area contributed by atoms with E-state index < -0.39 is 0 Å². The molecule has 0 saturated carbocycles. The van der Waals surface area contributed by atoms with E-state index in [0.29, 0.717) is 0 Å². The van der Waals surface area contributed by atoms with Crippen molar-refractivity contribution in [3.63, 3.8) is 0 Å². The maximum atomic E-state index is 5.92. The van der Waals surface area contributed by atoms with E-state index in [1.807, 2.05) is 12.3 Å². The minimum absolute atomic E-state index is 0.196. The van der Waals surface area contributed by atoms with E-state index in [-0.39, 0.29) is 6.04 Å². The molecule has 1 aromatic rings. The van der Waals surface area contributed by atoms with Crippen molar-refractivity contribution < 1.29 is 0 Å². The van der Waals surface area contributed by atoms with Crippen molar-refractivity contribution in [2.24, 2.45) is 11.7 Å². The van der Waals surface area contributed by atoms with Gasteiger partial charge in [-0.1, -0.05) is 19.4 Å². The SMILES string of the molecule is CCCC1CCN(c2ncccc2CC(C)N)C1. The van der Waals surface area contributed by atoms with Crippen molar-refractivity contribution in [1.29, 1.82) is 0 Å². The number of pyridine rings is 1. The third-order valence-electron chi connectivity index (χ3n) is 3.69. The summed E-state index contributed by atoms with van der Waals surface area (Å²) >= 11 is 0. The van der Waals surface area contributed by atoms with Crippen LogP contribution in [0.5, 0.6) is 0 Å². The molecule has 2 unspecified atom stereocenters. The molecule has 2 heterocycles. The lowest BCUT2D eigenvalue weighted by Gasteiger charge is -2.21. The van der Waals surface area contributed by atoms with Gasteiger partial charge in [-0.25, -0.2) is 4.98 Å². The van der Waals surface area contributed by atoms with E-state index in [0.717, 1.165) is 31.2 Å². The summed E-state index contributed by atoms with van der Waals surface area (Å²) in [6, 6.07) is 4.38. The molecule has 2 rings (SSSR count). The van der Waals surface area contributed by atoms with Gasteiger partial charge in [-0.05, 0) is 43.7 Å². The van der Waals surface area contributed by atoms with Crippen LogP contribution in [-0.2, 0) is 6.42 Å². The first kappa shape index (κ1) is 13.3. The van der Waals surface area contributed by atoms with Gasteiger partial charge in [0, 0.05) is 25.3 Å². The third-order valence-corrected chi connectivity index (χ3v) is 3.69. The Bertz CT molecular complexity index is 376. The van der Waals surface area contributed by atoms with Gasteiger partial charge in [0.1, 0.15) is 5.82 Å². The van der Waals surface area contributed by atoms with Gasteiger partial charge in [0.2, 0.25) is 0 Å². The molecular formula is C15H25N3. The Morgan fingerprint density at radius 3 is 3.11 bits per heavy atom.